The average molecular weight is 406 g/mol. The van der Waals surface area contributed by atoms with Crippen molar-refractivity contribution in [2.45, 2.75) is 12.5 Å². The number of hydrogen-bond donors (Lipinski definition) is 3. The van der Waals surface area contributed by atoms with Crippen LogP contribution in [-0.4, -0.2) is 52.6 Å². The highest BCUT2D eigenvalue weighted by Gasteiger charge is 2.26. The Balaban J connectivity index is 1.65. The van der Waals surface area contributed by atoms with Crippen molar-refractivity contribution in [1.29, 1.82) is 0 Å². The third kappa shape index (κ3) is 4.40. The summed E-state index contributed by atoms with van der Waals surface area (Å²) >= 11 is 0. The molecule has 0 spiro atoms. The van der Waals surface area contributed by atoms with Crippen molar-refractivity contribution in [2.24, 2.45) is 0 Å². The minimum Gasteiger partial charge on any atom is -0.396 e. The monoisotopic (exact) mass is 406 g/mol. The van der Waals surface area contributed by atoms with E-state index in [-0.39, 0.29) is 31.6 Å². The molecule has 1 unspecified atom stereocenters. The van der Waals surface area contributed by atoms with Crippen molar-refractivity contribution < 1.29 is 19.4 Å². The van der Waals surface area contributed by atoms with Gasteiger partial charge in [-0.15, -0.1) is 5.10 Å². The summed E-state index contributed by atoms with van der Waals surface area (Å²) in [5.74, 6) is -0.224. The number of aliphatic hydroxyl groups excluding tert-OH is 1. The number of carbonyl (C=O) groups is 2. The van der Waals surface area contributed by atoms with Crippen molar-refractivity contribution in [1.82, 2.24) is 15.1 Å². The normalized spacial score (nSPS) is 16.2. The number of amides is 2. The molecule has 0 bridgehead atoms. The van der Waals surface area contributed by atoms with Crippen LogP contribution >= 0.6 is 0 Å². The Labute approximate surface area is 173 Å². The van der Waals surface area contributed by atoms with Gasteiger partial charge >= 0.3 is 0 Å². The summed E-state index contributed by atoms with van der Waals surface area (Å²) in [6, 6.07) is 19.3. The number of morpholine rings is 1. The lowest BCUT2D eigenvalue weighted by atomic mass is 10.1. The van der Waals surface area contributed by atoms with E-state index in [2.05, 4.69) is 15.7 Å². The third-order valence-electron chi connectivity index (χ3n) is 4.78. The Morgan fingerprint density at radius 3 is 2.77 bits per heavy atom. The van der Waals surface area contributed by atoms with Crippen LogP contribution in [0.4, 0.5) is 5.82 Å². The summed E-state index contributed by atoms with van der Waals surface area (Å²) in [4.78, 5) is 23.8. The largest absolute Gasteiger partial charge is 0.396 e. The van der Waals surface area contributed by atoms with E-state index in [1.54, 1.807) is 10.7 Å². The molecule has 3 N–H and O–H groups in total. The van der Waals surface area contributed by atoms with Gasteiger partial charge in [-0.2, -0.15) is 0 Å². The second-order valence-corrected chi connectivity index (χ2v) is 6.93. The topological polar surface area (TPSA) is 105 Å². The summed E-state index contributed by atoms with van der Waals surface area (Å²) in [7, 11) is 0. The molecule has 1 fully saturated rings. The molecule has 1 atom stereocenters. The predicted molar refractivity (Wildman–Crippen MR) is 111 cm³/mol. The maximum Gasteiger partial charge on any atom is 0.256 e. The zero-order valence-corrected chi connectivity index (χ0v) is 16.2. The van der Waals surface area contributed by atoms with Gasteiger partial charge in [0.1, 0.15) is 6.61 Å². The molecule has 0 radical (unpaired) electrons. The van der Waals surface area contributed by atoms with Crippen LogP contribution in [0.1, 0.15) is 5.56 Å². The first kappa shape index (κ1) is 19.8. The molecule has 1 aliphatic rings. The Kier molecular flexibility index (Phi) is 5.87. The summed E-state index contributed by atoms with van der Waals surface area (Å²) in [5, 5.41) is 19.2. The smallest absolute Gasteiger partial charge is 0.256 e. The number of carbonyl (C=O) groups excluding carboxylic acids is 2. The van der Waals surface area contributed by atoms with Gasteiger partial charge < -0.3 is 20.5 Å². The summed E-state index contributed by atoms with van der Waals surface area (Å²) < 4.78 is 7.05. The number of anilines is 1. The zero-order chi connectivity index (χ0) is 20.9. The van der Waals surface area contributed by atoms with E-state index < -0.39 is 6.10 Å². The maximum absolute atomic E-state index is 12.5. The van der Waals surface area contributed by atoms with Gasteiger partial charge in [0.25, 0.3) is 5.91 Å². The molecule has 2 amide bonds. The molecular formula is C22H22N4O4. The Morgan fingerprint density at radius 1 is 1.20 bits per heavy atom. The first-order valence-electron chi connectivity index (χ1n) is 9.69. The molecule has 4 rings (SSSR count). The molecule has 30 heavy (non-hydrogen) atoms. The van der Waals surface area contributed by atoms with Crippen molar-refractivity contribution >= 4 is 17.6 Å². The number of aromatic nitrogens is 2. The van der Waals surface area contributed by atoms with Gasteiger partial charge in [-0.05, 0) is 30.2 Å². The Bertz CT molecular complexity index is 1040. The summed E-state index contributed by atoms with van der Waals surface area (Å²) in [6.07, 6.45) is -0.206. The van der Waals surface area contributed by atoms with Crippen molar-refractivity contribution in [2.75, 3.05) is 25.1 Å². The molecule has 1 aliphatic heterocycles. The van der Waals surface area contributed by atoms with Crippen LogP contribution in [0, 0.1) is 0 Å². The zero-order valence-electron chi connectivity index (χ0n) is 16.2. The van der Waals surface area contributed by atoms with Crippen molar-refractivity contribution in [3.8, 4) is 16.9 Å². The van der Waals surface area contributed by atoms with Crippen molar-refractivity contribution in [3.05, 3.63) is 66.2 Å². The molecule has 1 aromatic heterocycles. The highest BCUT2D eigenvalue weighted by Crippen LogP contribution is 2.27. The van der Waals surface area contributed by atoms with E-state index in [4.69, 9.17) is 4.74 Å². The van der Waals surface area contributed by atoms with Gasteiger partial charge in [0.2, 0.25) is 5.91 Å². The van der Waals surface area contributed by atoms with Crippen LogP contribution in [0.25, 0.3) is 16.9 Å². The lowest BCUT2D eigenvalue weighted by Crippen LogP contribution is -2.48. The molecule has 154 valence electrons. The molecule has 0 aliphatic carbocycles. The molecule has 1 saturated heterocycles. The first-order valence-corrected chi connectivity index (χ1v) is 9.69. The fraction of sp³-hybridized carbons (Fsp3) is 0.227. The molecule has 8 heteroatoms. The van der Waals surface area contributed by atoms with Gasteiger partial charge in [0.05, 0.1) is 17.9 Å². The highest BCUT2D eigenvalue weighted by atomic mass is 16.5. The van der Waals surface area contributed by atoms with E-state index in [1.807, 2.05) is 54.6 Å². The second kappa shape index (κ2) is 8.89. The van der Waals surface area contributed by atoms with Crippen LogP contribution in [0.3, 0.4) is 0 Å². The lowest BCUT2D eigenvalue weighted by molar-refractivity contribution is -0.140. The molecular weight excluding hydrogens is 384 g/mol. The number of nitrogens with zero attached hydrogens (tertiary/aromatic N) is 2. The Morgan fingerprint density at radius 2 is 2.03 bits per heavy atom. The van der Waals surface area contributed by atoms with E-state index >= 15 is 0 Å². The number of para-hydroxylation sites is 1. The van der Waals surface area contributed by atoms with Crippen LogP contribution in [0.5, 0.6) is 0 Å². The summed E-state index contributed by atoms with van der Waals surface area (Å²) in [6.45, 7) is 0.0558. The van der Waals surface area contributed by atoms with Gasteiger partial charge in [-0.3, -0.25) is 9.59 Å². The minimum atomic E-state index is -0.763. The molecule has 8 nitrogen and oxygen atoms in total. The van der Waals surface area contributed by atoms with Crippen molar-refractivity contribution in [3.63, 3.8) is 0 Å². The van der Waals surface area contributed by atoms with Gasteiger partial charge in [-0.25, -0.2) is 4.68 Å². The molecule has 2 aromatic carbocycles. The average Bonchev–Trinajstić information content (AvgIpc) is 3.19. The van der Waals surface area contributed by atoms with E-state index in [0.717, 1.165) is 22.5 Å². The maximum atomic E-state index is 12.5. The number of hydrogen-bond acceptors (Lipinski definition) is 5. The predicted octanol–water partition coefficient (Wildman–Crippen LogP) is 1.53. The first-order chi connectivity index (χ1) is 14.6. The third-order valence-corrected chi connectivity index (χ3v) is 4.78. The van der Waals surface area contributed by atoms with E-state index in [1.165, 1.54) is 0 Å². The van der Waals surface area contributed by atoms with Crippen LogP contribution in [-0.2, 0) is 20.7 Å². The number of ether oxygens (including phenoxy) is 1. The van der Waals surface area contributed by atoms with Crippen LogP contribution < -0.4 is 10.6 Å². The molecule has 3 aromatic rings. The lowest BCUT2D eigenvalue weighted by Gasteiger charge is -2.21. The quantitative estimate of drug-likeness (QED) is 0.576. The van der Waals surface area contributed by atoms with Crippen LogP contribution in [0.2, 0.25) is 0 Å². The van der Waals surface area contributed by atoms with Gasteiger partial charge in [-0.1, -0.05) is 36.4 Å². The summed E-state index contributed by atoms with van der Waals surface area (Å²) in [5.41, 5.74) is 3.57. The van der Waals surface area contributed by atoms with E-state index in [9.17, 15) is 14.7 Å². The van der Waals surface area contributed by atoms with Crippen LogP contribution in [0.15, 0.2) is 60.7 Å². The Hall–Kier alpha value is -3.49. The van der Waals surface area contributed by atoms with Gasteiger partial charge in [0.15, 0.2) is 11.9 Å². The van der Waals surface area contributed by atoms with Gasteiger partial charge in [0, 0.05) is 18.2 Å². The minimum absolute atomic E-state index is 0.0701. The molecule has 2 heterocycles. The standard InChI is InChI=1S/C22H22N4O4/c27-10-9-15-5-4-6-16(11-15)18-12-20(25-26(18)17-7-2-1-3-8-17)24-22(29)19-13-23-21(28)14-30-19/h1-8,11-12,19,27H,9-10,13-14H2,(H,23,28)(H,24,25,29). The second-order valence-electron chi connectivity index (χ2n) is 6.93. The van der Waals surface area contributed by atoms with E-state index in [0.29, 0.717) is 12.2 Å². The number of aliphatic hydroxyl groups is 1. The number of rotatable bonds is 6. The SMILES string of the molecule is O=C1COC(C(=O)Nc2cc(-c3cccc(CCO)c3)n(-c3ccccc3)n2)CN1. The number of nitrogens with one attached hydrogen (secondary N) is 2. The fourth-order valence-electron chi connectivity index (χ4n) is 3.30. The highest BCUT2D eigenvalue weighted by molar-refractivity contribution is 5.95. The number of benzene rings is 2. The molecule has 0 saturated carbocycles. The fourth-order valence-corrected chi connectivity index (χ4v) is 3.30.